The maximum atomic E-state index is 9.70. The summed E-state index contributed by atoms with van der Waals surface area (Å²) in [7, 11) is 3.20. The van der Waals surface area contributed by atoms with Gasteiger partial charge in [0.15, 0.2) is 0 Å². The minimum atomic E-state index is 0.00463. The molecule has 0 aliphatic carbocycles. The summed E-state index contributed by atoms with van der Waals surface area (Å²) >= 11 is 1.75. The highest BCUT2D eigenvalue weighted by molar-refractivity contribution is 7.97. The van der Waals surface area contributed by atoms with Gasteiger partial charge in [-0.3, -0.25) is 9.59 Å². The molecule has 5 heteroatoms. The normalized spacial score (nSPS) is 5.90. The summed E-state index contributed by atoms with van der Waals surface area (Å²) in [5, 5.41) is 4.78. The lowest BCUT2D eigenvalue weighted by molar-refractivity contribution is -0.119. The van der Waals surface area contributed by atoms with E-state index in [2.05, 4.69) is 36.3 Å². The lowest BCUT2D eigenvalue weighted by Crippen LogP contribution is -2.11. The monoisotopic (exact) mass is 306 g/mol. The molecular formula is C15H34N2O2S. The van der Waals surface area contributed by atoms with Crippen molar-refractivity contribution in [1.82, 2.24) is 10.6 Å². The van der Waals surface area contributed by atoms with Crippen molar-refractivity contribution in [3.05, 3.63) is 0 Å². The Morgan fingerprint density at radius 2 is 1.00 bits per heavy atom. The Labute approximate surface area is 130 Å². The van der Waals surface area contributed by atoms with Gasteiger partial charge in [-0.2, -0.15) is 11.8 Å². The van der Waals surface area contributed by atoms with Crippen LogP contribution in [-0.2, 0) is 9.59 Å². The third-order valence-corrected chi connectivity index (χ3v) is 0.954. The fraction of sp³-hybridized carbons (Fsp3) is 0.733. The smallest absolute Gasteiger partial charge is 0.216 e. The molecule has 0 unspecified atom stereocenters. The van der Waals surface area contributed by atoms with E-state index in [1.807, 2.05) is 26.4 Å². The van der Waals surface area contributed by atoms with Crippen LogP contribution >= 0.6 is 11.8 Å². The third-order valence-electron chi connectivity index (χ3n) is 0.954. The first-order chi connectivity index (χ1) is 9.28. The van der Waals surface area contributed by atoms with Gasteiger partial charge in [-0.15, -0.1) is 11.8 Å². The van der Waals surface area contributed by atoms with Crippen LogP contribution in [0.3, 0.4) is 0 Å². The van der Waals surface area contributed by atoms with Crippen molar-refractivity contribution in [3.63, 3.8) is 0 Å². The Hall–Kier alpha value is -1.15. The van der Waals surface area contributed by atoms with E-state index < -0.39 is 0 Å². The van der Waals surface area contributed by atoms with Gasteiger partial charge in [0, 0.05) is 27.9 Å². The first-order valence-electron chi connectivity index (χ1n) is 6.39. The molecule has 0 bridgehead atoms. The van der Waals surface area contributed by atoms with Crippen molar-refractivity contribution in [1.29, 1.82) is 0 Å². The summed E-state index contributed by atoms with van der Waals surface area (Å²) in [5.74, 6) is 5.37. The minimum absolute atomic E-state index is 0.00463. The first kappa shape index (κ1) is 31.3. The summed E-state index contributed by atoms with van der Waals surface area (Å²) in [4.78, 5) is 19.4. The number of carbonyl (C=O) groups excluding carboxylic acids is 2. The van der Waals surface area contributed by atoms with Crippen molar-refractivity contribution >= 4 is 23.6 Å². The molecule has 20 heavy (non-hydrogen) atoms. The Morgan fingerprint density at radius 1 is 0.900 bits per heavy atom. The zero-order chi connectivity index (χ0) is 17.4. The van der Waals surface area contributed by atoms with Gasteiger partial charge in [0.25, 0.3) is 0 Å². The lowest BCUT2D eigenvalue weighted by atomic mass is 10.6. The summed E-state index contributed by atoms with van der Waals surface area (Å²) in [6.07, 6.45) is 5.33. The molecule has 0 aromatic rings. The van der Waals surface area contributed by atoms with Gasteiger partial charge in [-0.1, -0.05) is 20.3 Å². The van der Waals surface area contributed by atoms with E-state index >= 15 is 0 Å². The Kier molecular flexibility index (Phi) is 67.4. The summed E-state index contributed by atoms with van der Waals surface area (Å²) in [6.45, 7) is 10.8. The number of amides is 2. The van der Waals surface area contributed by atoms with Crippen LogP contribution in [0.1, 0.15) is 48.0 Å². The van der Waals surface area contributed by atoms with E-state index in [9.17, 15) is 9.59 Å². The molecule has 0 atom stereocenters. The van der Waals surface area contributed by atoms with Crippen LogP contribution in [-0.4, -0.2) is 38.4 Å². The average molecular weight is 307 g/mol. The van der Waals surface area contributed by atoms with E-state index in [0.29, 0.717) is 0 Å². The van der Waals surface area contributed by atoms with Gasteiger partial charge >= 0.3 is 0 Å². The largest absolute Gasteiger partial charge is 0.359 e. The highest BCUT2D eigenvalue weighted by Crippen LogP contribution is 1.70. The molecule has 4 nitrogen and oxygen atoms in total. The second-order valence-corrected chi connectivity index (χ2v) is 4.04. The molecule has 0 aromatic heterocycles. The molecule has 2 N–H and O–H groups in total. The van der Waals surface area contributed by atoms with Gasteiger partial charge in [0.05, 0.1) is 0 Å². The molecule has 0 radical (unpaired) electrons. The van der Waals surface area contributed by atoms with Crippen LogP contribution in [0.2, 0.25) is 0 Å². The number of hydrogen-bond acceptors (Lipinski definition) is 3. The van der Waals surface area contributed by atoms with Crippen molar-refractivity contribution in [2.45, 2.75) is 48.0 Å². The number of thioether (sulfide) groups is 1. The molecule has 0 aromatic carbocycles. The number of carbonyl (C=O) groups is 2. The van der Waals surface area contributed by atoms with Crippen molar-refractivity contribution in [2.75, 3.05) is 26.6 Å². The third kappa shape index (κ3) is 286. The zero-order valence-corrected chi connectivity index (χ0v) is 15.7. The molecule has 0 rings (SSSR count). The van der Waals surface area contributed by atoms with E-state index in [0.717, 1.165) is 0 Å². The number of nitrogens with one attached hydrogen (secondary N) is 2. The molecule has 2 amide bonds. The maximum absolute atomic E-state index is 9.70. The van der Waals surface area contributed by atoms with Crippen LogP contribution in [0.25, 0.3) is 0 Å². The Balaban J connectivity index is -0.0000000478. The molecule has 0 fully saturated rings. The number of rotatable bonds is 0. The van der Waals surface area contributed by atoms with Crippen LogP contribution in [0.5, 0.6) is 0 Å². The number of hydrogen-bond donors (Lipinski definition) is 2. The first-order valence-corrected chi connectivity index (χ1v) is 8.02. The van der Waals surface area contributed by atoms with Gasteiger partial charge in [-0.05, 0) is 26.4 Å². The molecule has 0 saturated heterocycles. The van der Waals surface area contributed by atoms with Gasteiger partial charge < -0.3 is 10.6 Å². The zero-order valence-electron chi connectivity index (χ0n) is 14.9. The predicted molar refractivity (Wildman–Crippen MR) is 94.0 cm³/mol. The summed E-state index contributed by atoms with van der Waals surface area (Å²) < 4.78 is 0. The van der Waals surface area contributed by atoms with Crippen LogP contribution < -0.4 is 10.6 Å². The lowest BCUT2D eigenvalue weighted by Gasteiger charge is -1.80. The highest BCUT2D eigenvalue weighted by atomic mass is 32.2. The Morgan fingerprint density at radius 3 is 1.00 bits per heavy atom. The van der Waals surface area contributed by atoms with Crippen molar-refractivity contribution in [2.24, 2.45) is 0 Å². The SMILES string of the molecule is CC#CC.CCC.CNC(C)=O.CNC(C)=O.CSC. The topological polar surface area (TPSA) is 58.2 Å². The van der Waals surface area contributed by atoms with Crippen molar-refractivity contribution in [3.8, 4) is 11.8 Å². The molecular weight excluding hydrogens is 272 g/mol. The standard InChI is InChI=1S/C4H6.2C3H7NO.C3H8.C2H6S/c1-3-4-2;2*1-3(5)4-2;2*1-3-2/h1-2H3;2*1-2H3,(H,4,5);3H2,1-2H3;1-2H3. The summed E-state index contributed by atoms with van der Waals surface area (Å²) in [5.41, 5.74) is 0. The van der Waals surface area contributed by atoms with Crippen LogP contribution in [0.15, 0.2) is 0 Å². The van der Waals surface area contributed by atoms with E-state index in [4.69, 9.17) is 0 Å². The minimum Gasteiger partial charge on any atom is -0.359 e. The highest BCUT2D eigenvalue weighted by Gasteiger charge is 1.73. The average Bonchev–Trinajstić information content (AvgIpc) is 2.41. The molecule has 0 aliphatic rings. The quantitative estimate of drug-likeness (QED) is 0.677. The fourth-order valence-corrected chi connectivity index (χ4v) is 0. The van der Waals surface area contributed by atoms with Gasteiger partial charge in [0.1, 0.15) is 0 Å². The predicted octanol–water partition coefficient (Wildman–Crippen LogP) is 2.93. The molecule has 122 valence electrons. The van der Waals surface area contributed by atoms with E-state index in [-0.39, 0.29) is 11.8 Å². The molecule has 0 saturated carbocycles. The van der Waals surface area contributed by atoms with Crippen LogP contribution in [0, 0.1) is 11.8 Å². The second kappa shape index (κ2) is 43.1. The fourth-order valence-electron chi connectivity index (χ4n) is 0. The van der Waals surface area contributed by atoms with E-state index in [1.165, 1.54) is 20.3 Å². The summed E-state index contributed by atoms with van der Waals surface area (Å²) in [6, 6.07) is 0. The van der Waals surface area contributed by atoms with Gasteiger partial charge in [0.2, 0.25) is 11.8 Å². The molecule has 0 aliphatic heterocycles. The van der Waals surface area contributed by atoms with Crippen molar-refractivity contribution < 1.29 is 9.59 Å². The molecule has 0 heterocycles. The Bertz CT molecular complexity index is 212. The van der Waals surface area contributed by atoms with Gasteiger partial charge in [-0.25, -0.2) is 0 Å². The molecule has 0 spiro atoms. The second-order valence-electron chi connectivity index (χ2n) is 3.23. The maximum Gasteiger partial charge on any atom is 0.216 e. The van der Waals surface area contributed by atoms with E-state index in [1.54, 1.807) is 25.9 Å². The van der Waals surface area contributed by atoms with Crippen LogP contribution in [0.4, 0.5) is 0 Å².